The van der Waals surface area contributed by atoms with E-state index in [0.29, 0.717) is 5.92 Å². The third-order valence-corrected chi connectivity index (χ3v) is 3.13. The number of likely N-dealkylation sites (N-methyl/N-ethyl adjacent to an activating group) is 1. The molecule has 1 aromatic rings. The Morgan fingerprint density at radius 2 is 2.40 bits per heavy atom. The number of rotatable bonds is 2. The number of nitrogens with zero attached hydrogens (tertiary/aromatic N) is 3. The number of aromatic nitrogens is 2. The maximum Gasteiger partial charge on any atom is 0.132 e. The van der Waals surface area contributed by atoms with Gasteiger partial charge < -0.3 is 4.90 Å². The highest BCUT2D eigenvalue weighted by atomic mass is 15.1. The average Bonchev–Trinajstić information content (AvgIpc) is 2.29. The molecule has 0 aliphatic carbocycles. The van der Waals surface area contributed by atoms with E-state index in [1.165, 1.54) is 19.4 Å². The van der Waals surface area contributed by atoms with Gasteiger partial charge in [0.2, 0.25) is 0 Å². The van der Waals surface area contributed by atoms with Gasteiger partial charge in [-0.1, -0.05) is 6.92 Å². The summed E-state index contributed by atoms with van der Waals surface area (Å²) >= 11 is 0. The zero-order valence-electron chi connectivity index (χ0n) is 9.61. The summed E-state index contributed by atoms with van der Waals surface area (Å²) < 4.78 is 0. The maximum absolute atomic E-state index is 4.53. The standard InChI is InChI=1S/C12H19N3/c1-3-15-8-4-5-11(9-15)12-13-7-6-10(2)14-12/h6-7,11H,3-5,8-9H2,1-2H3. The second-order valence-corrected chi connectivity index (χ2v) is 4.29. The lowest BCUT2D eigenvalue weighted by atomic mass is 9.97. The molecule has 1 atom stereocenters. The molecule has 2 heterocycles. The first-order chi connectivity index (χ1) is 7.29. The third kappa shape index (κ3) is 2.53. The van der Waals surface area contributed by atoms with Crippen LogP contribution in [0.3, 0.4) is 0 Å². The van der Waals surface area contributed by atoms with E-state index in [9.17, 15) is 0 Å². The van der Waals surface area contributed by atoms with Crippen LogP contribution in [0.15, 0.2) is 12.3 Å². The molecule has 82 valence electrons. The van der Waals surface area contributed by atoms with Crippen LogP contribution in [-0.2, 0) is 0 Å². The minimum atomic E-state index is 0.540. The van der Waals surface area contributed by atoms with Crippen molar-refractivity contribution in [3.05, 3.63) is 23.8 Å². The van der Waals surface area contributed by atoms with E-state index in [0.717, 1.165) is 24.6 Å². The molecule has 1 fully saturated rings. The lowest BCUT2D eigenvalue weighted by molar-refractivity contribution is 0.214. The van der Waals surface area contributed by atoms with E-state index < -0.39 is 0 Å². The van der Waals surface area contributed by atoms with E-state index in [-0.39, 0.29) is 0 Å². The zero-order chi connectivity index (χ0) is 10.7. The Hall–Kier alpha value is -0.960. The summed E-state index contributed by atoms with van der Waals surface area (Å²) in [6, 6.07) is 1.96. The highest BCUT2D eigenvalue weighted by molar-refractivity contribution is 5.05. The van der Waals surface area contributed by atoms with E-state index in [4.69, 9.17) is 0 Å². The summed E-state index contributed by atoms with van der Waals surface area (Å²) in [5.41, 5.74) is 1.08. The Morgan fingerprint density at radius 3 is 3.13 bits per heavy atom. The molecule has 0 bridgehead atoms. The lowest BCUT2D eigenvalue weighted by Gasteiger charge is -2.30. The van der Waals surface area contributed by atoms with Gasteiger partial charge in [-0.25, -0.2) is 9.97 Å². The average molecular weight is 205 g/mol. The maximum atomic E-state index is 4.53. The fraction of sp³-hybridized carbons (Fsp3) is 0.667. The van der Waals surface area contributed by atoms with Gasteiger partial charge in [-0.2, -0.15) is 0 Å². The highest BCUT2D eigenvalue weighted by Gasteiger charge is 2.22. The Labute approximate surface area is 91.5 Å². The number of aryl methyl sites for hydroxylation is 1. The van der Waals surface area contributed by atoms with Crippen molar-refractivity contribution >= 4 is 0 Å². The molecule has 0 saturated carbocycles. The molecule has 1 aromatic heterocycles. The summed E-state index contributed by atoms with van der Waals surface area (Å²) in [6.07, 6.45) is 4.39. The van der Waals surface area contributed by atoms with Crippen LogP contribution >= 0.6 is 0 Å². The van der Waals surface area contributed by atoms with Crippen LogP contribution in [0.4, 0.5) is 0 Å². The normalized spacial score (nSPS) is 22.9. The minimum absolute atomic E-state index is 0.540. The summed E-state index contributed by atoms with van der Waals surface area (Å²) in [5.74, 6) is 1.58. The fourth-order valence-electron chi connectivity index (χ4n) is 2.22. The quantitative estimate of drug-likeness (QED) is 0.739. The summed E-state index contributed by atoms with van der Waals surface area (Å²) in [4.78, 5) is 11.4. The molecule has 1 aliphatic rings. The zero-order valence-corrected chi connectivity index (χ0v) is 9.61. The van der Waals surface area contributed by atoms with Crippen molar-refractivity contribution in [1.29, 1.82) is 0 Å². The molecule has 15 heavy (non-hydrogen) atoms. The van der Waals surface area contributed by atoms with E-state index in [1.54, 1.807) is 0 Å². The molecule has 0 amide bonds. The molecule has 1 saturated heterocycles. The van der Waals surface area contributed by atoms with Gasteiger partial charge in [-0.05, 0) is 38.9 Å². The third-order valence-electron chi connectivity index (χ3n) is 3.13. The molecule has 3 nitrogen and oxygen atoms in total. The largest absolute Gasteiger partial charge is 0.303 e. The van der Waals surface area contributed by atoms with Crippen molar-refractivity contribution in [1.82, 2.24) is 14.9 Å². The van der Waals surface area contributed by atoms with Gasteiger partial charge in [-0.3, -0.25) is 0 Å². The van der Waals surface area contributed by atoms with Crippen molar-refractivity contribution < 1.29 is 0 Å². The Bertz CT molecular complexity index is 324. The molecule has 1 aliphatic heterocycles. The molecule has 2 rings (SSSR count). The van der Waals surface area contributed by atoms with Crippen LogP contribution in [0.5, 0.6) is 0 Å². The van der Waals surface area contributed by atoms with Crippen molar-refractivity contribution in [2.75, 3.05) is 19.6 Å². The first-order valence-corrected chi connectivity index (χ1v) is 5.81. The van der Waals surface area contributed by atoms with Crippen LogP contribution < -0.4 is 0 Å². The number of piperidine rings is 1. The second-order valence-electron chi connectivity index (χ2n) is 4.29. The molecule has 0 N–H and O–H groups in total. The molecule has 0 radical (unpaired) electrons. The molecular weight excluding hydrogens is 186 g/mol. The predicted octanol–water partition coefficient (Wildman–Crippen LogP) is 1.98. The molecule has 1 unspecified atom stereocenters. The summed E-state index contributed by atoms with van der Waals surface area (Å²) in [7, 11) is 0. The Kier molecular flexibility index (Phi) is 3.31. The van der Waals surface area contributed by atoms with Crippen LogP contribution in [0, 0.1) is 6.92 Å². The van der Waals surface area contributed by atoms with Gasteiger partial charge in [0.15, 0.2) is 0 Å². The smallest absolute Gasteiger partial charge is 0.132 e. The topological polar surface area (TPSA) is 29.0 Å². The van der Waals surface area contributed by atoms with Gasteiger partial charge in [-0.15, -0.1) is 0 Å². The first-order valence-electron chi connectivity index (χ1n) is 5.81. The van der Waals surface area contributed by atoms with Crippen LogP contribution in [0.2, 0.25) is 0 Å². The number of hydrogen-bond donors (Lipinski definition) is 0. The highest BCUT2D eigenvalue weighted by Crippen LogP contribution is 2.23. The van der Waals surface area contributed by atoms with Crippen LogP contribution in [0.1, 0.15) is 37.2 Å². The Balaban J connectivity index is 2.09. The minimum Gasteiger partial charge on any atom is -0.303 e. The van der Waals surface area contributed by atoms with Gasteiger partial charge in [0, 0.05) is 24.4 Å². The van der Waals surface area contributed by atoms with Gasteiger partial charge in [0.05, 0.1) is 0 Å². The van der Waals surface area contributed by atoms with Gasteiger partial charge in [0.25, 0.3) is 0 Å². The van der Waals surface area contributed by atoms with Gasteiger partial charge >= 0.3 is 0 Å². The molecule has 3 heteroatoms. The molecular formula is C12H19N3. The van der Waals surface area contributed by atoms with Crippen molar-refractivity contribution in [2.45, 2.75) is 32.6 Å². The van der Waals surface area contributed by atoms with Crippen LogP contribution in [-0.4, -0.2) is 34.5 Å². The van der Waals surface area contributed by atoms with E-state index in [2.05, 4.69) is 21.8 Å². The number of likely N-dealkylation sites (tertiary alicyclic amines) is 1. The Morgan fingerprint density at radius 1 is 1.53 bits per heavy atom. The molecule has 0 spiro atoms. The van der Waals surface area contributed by atoms with Crippen LogP contribution in [0.25, 0.3) is 0 Å². The van der Waals surface area contributed by atoms with E-state index in [1.807, 2.05) is 19.2 Å². The lowest BCUT2D eigenvalue weighted by Crippen LogP contribution is -2.34. The monoisotopic (exact) mass is 205 g/mol. The van der Waals surface area contributed by atoms with E-state index >= 15 is 0 Å². The summed E-state index contributed by atoms with van der Waals surface area (Å²) in [5, 5.41) is 0. The SMILES string of the molecule is CCN1CCCC(c2nccc(C)n2)C1. The predicted molar refractivity (Wildman–Crippen MR) is 60.9 cm³/mol. The number of hydrogen-bond acceptors (Lipinski definition) is 3. The summed E-state index contributed by atoms with van der Waals surface area (Å²) in [6.45, 7) is 7.76. The van der Waals surface area contributed by atoms with Crippen molar-refractivity contribution in [3.63, 3.8) is 0 Å². The molecule has 0 aromatic carbocycles. The first kappa shape index (κ1) is 10.6. The second kappa shape index (κ2) is 4.71. The fourth-order valence-corrected chi connectivity index (χ4v) is 2.22. The van der Waals surface area contributed by atoms with Gasteiger partial charge in [0.1, 0.15) is 5.82 Å². The van der Waals surface area contributed by atoms with Crippen molar-refractivity contribution in [3.8, 4) is 0 Å². The van der Waals surface area contributed by atoms with Crippen molar-refractivity contribution in [2.24, 2.45) is 0 Å².